The highest BCUT2D eigenvalue weighted by atomic mass is 32.1. The van der Waals surface area contributed by atoms with E-state index in [0.717, 1.165) is 30.7 Å². The number of nitrogens with zero attached hydrogens (tertiary/aromatic N) is 6. The number of thiazole rings is 1. The van der Waals surface area contributed by atoms with Crippen LogP contribution in [-0.2, 0) is 4.74 Å². The second-order valence-electron chi connectivity index (χ2n) is 15.3. The lowest BCUT2D eigenvalue weighted by atomic mass is 9.95. The molecule has 4 aromatic rings. The third kappa shape index (κ3) is 6.30. The fraction of sp³-hybridized carbons (Fsp3) is 0.528. The summed E-state index contributed by atoms with van der Waals surface area (Å²) in [5, 5.41) is 12.7. The van der Waals surface area contributed by atoms with Gasteiger partial charge >= 0.3 is 18.2 Å². The number of rotatable bonds is 7. The normalized spacial score (nSPS) is 24.2. The molecule has 2 N–H and O–H groups in total. The molecule has 4 aliphatic rings. The molecule has 2 amide bonds. The molecule has 13 nitrogen and oxygen atoms in total. The van der Waals surface area contributed by atoms with Crippen LogP contribution < -0.4 is 19.7 Å². The maximum atomic E-state index is 17.3. The molecule has 0 spiro atoms. The van der Waals surface area contributed by atoms with E-state index in [-0.39, 0.29) is 75.5 Å². The molecule has 0 radical (unpaired) electrons. The number of carbonyl (C=O) groups excluding carboxylic acids is 1. The molecule has 4 aliphatic heterocycles. The molecule has 0 aliphatic carbocycles. The van der Waals surface area contributed by atoms with Crippen molar-refractivity contribution in [1.29, 1.82) is 0 Å². The van der Waals surface area contributed by atoms with Crippen molar-refractivity contribution in [3.63, 3.8) is 0 Å². The largest absolute Gasteiger partial charge is 0.496 e. The molecule has 0 unspecified atom stereocenters. The van der Waals surface area contributed by atoms with Crippen LogP contribution in [0.2, 0.25) is 0 Å². The Balaban J connectivity index is 1.25. The van der Waals surface area contributed by atoms with Crippen molar-refractivity contribution in [2.45, 2.75) is 82.3 Å². The van der Waals surface area contributed by atoms with Gasteiger partial charge in [0.15, 0.2) is 10.9 Å². The summed E-state index contributed by atoms with van der Waals surface area (Å²) >= 11 is 0.879. The first-order valence-corrected chi connectivity index (χ1v) is 18.5. The Labute approximate surface area is 307 Å². The van der Waals surface area contributed by atoms with Gasteiger partial charge in [0.05, 0.1) is 28.4 Å². The number of fused-ring (bicyclic) bond motifs is 5. The van der Waals surface area contributed by atoms with E-state index in [4.69, 9.17) is 19.2 Å². The Kier molecular flexibility index (Phi) is 8.71. The first-order valence-electron chi connectivity index (χ1n) is 17.7. The van der Waals surface area contributed by atoms with Crippen LogP contribution in [0.3, 0.4) is 0 Å². The van der Waals surface area contributed by atoms with Crippen molar-refractivity contribution < 1.29 is 42.1 Å². The van der Waals surface area contributed by atoms with Crippen molar-refractivity contribution in [2.75, 3.05) is 50.1 Å². The SMILES string of the molecule is COc1cc2c(N3[C@@H]4CC[C@H]3CN(C(=O)O)C4)nc(OC[C@@]34CCCN3C[C@H](F)C4)nc2c(F)c1-c1ccc(F)c2sc(NC(=O)OC(C)(C)C)nc12. The standard InChI is InChI=1S/C36H40F3N7O6S/c1-35(2,3)52-33(47)43-32-41-28-21(8-9-23(38)29(28)53-32)25-24(50-4)12-22-27(26(25)39)40-31(51-17-36-10-5-11-45(36)14-18(37)13-36)42-30(22)46-19-6-7-20(46)16-44(15-19)34(48)49/h8-9,12,18-20H,5-7,10-11,13-17H2,1-4H3,(H,48,49)(H,41,43,47)/t18-,19-,20+,36+/m1/s1. The second kappa shape index (κ2) is 13.0. The van der Waals surface area contributed by atoms with Gasteiger partial charge in [-0.2, -0.15) is 9.97 Å². The zero-order chi connectivity index (χ0) is 37.4. The average Bonchev–Trinajstić information content (AvgIpc) is 3.83. The van der Waals surface area contributed by atoms with Crippen LogP contribution in [0.1, 0.15) is 52.9 Å². The van der Waals surface area contributed by atoms with E-state index in [0.29, 0.717) is 37.0 Å². The molecule has 8 rings (SSSR count). The number of aromatic nitrogens is 3. The number of hydrogen-bond donors (Lipinski definition) is 2. The number of ether oxygens (including phenoxy) is 3. The molecule has 4 atom stereocenters. The second-order valence-corrected chi connectivity index (χ2v) is 16.3. The molecule has 53 heavy (non-hydrogen) atoms. The molecule has 0 saturated carbocycles. The summed E-state index contributed by atoms with van der Waals surface area (Å²) in [6.07, 6.45) is 0.652. The number of carbonyl (C=O) groups is 2. The highest BCUT2D eigenvalue weighted by molar-refractivity contribution is 7.22. The molecule has 2 aromatic heterocycles. The van der Waals surface area contributed by atoms with Gasteiger partial charge in [-0.15, -0.1) is 0 Å². The average molecular weight is 756 g/mol. The van der Waals surface area contributed by atoms with Gasteiger partial charge in [0.25, 0.3) is 0 Å². The minimum Gasteiger partial charge on any atom is -0.496 e. The van der Waals surface area contributed by atoms with Crippen molar-refractivity contribution in [3.8, 4) is 22.9 Å². The van der Waals surface area contributed by atoms with Crippen LogP contribution >= 0.6 is 11.3 Å². The van der Waals surface area contributed by atoms with E-state index in [1.54, 1.807) is 26.8 Å². The van der Waals surface area contributed by atoms with Crippen LogP contribution in [0.15, 0.2) is 18.2 Å². The van der Waals surface area contributed by atoms with E-state index in [1.807, 2.05) is 4.90 Å². The van der Waals surface area contributed by atoms with Gasteiger partial charge in [-0.3, -0.25) is 10.2 Å². The summed E-state index contributed by atoms with van der Waals surface area (Å²) < 4.78 is 64.7. The van der Waals surface area contributed by atoms with Crippen molar-refractivity contribution in [1.82, 2.24) is 24.8 Å². The molecule has 4 fully saturated rings. The van der Waals surface area contributed by atoms with Crippen LogP contribution in [0.5, 0.6) is 11.8 Å². The Bertz CT molecular complexity index is 2120. The highest BCUT2D eigenvalue weighted by Gasteiger charge is 2.50. The van der Waals surface area contributed by atoms with E-state index in [1.165, 1.54) is 24.1 Å². The zero-order valence-corrected chi connectivity index (χ0v) is 30.6. The predicted molar refractivity (Wildman–Crippen MR) is 192 cm³/mol. The minimum atomic E-state index is -1.00. The lowest BCUT2D eigenvalue weighted by Gasteiger charge is -2.41. The summed E-state index contributed by atoms with van der Waals surface area (Å²) in [4.78, 5) is 43.9. The van der Waals surface area contributed by atoms with Gasteiger partial charge in [0.1, 0.15) is 41.3 Å². The Hall–Kier alpha value is -4.64. The lowest BCUT2D eigenvalue weighted by Crippen LogP contribution is -2.55. The number of piperazine rings is 1. The van der Waals surface area contributed by atoms with Gasteiger partial charge in [-0.25, -0.2) is 27.7 Å². The number of likely N-dealkylation sites (tertiary alicyclic amines) is 1. The predicted octanol–water partition coefficient (Wildman–Crippen LogP) is 6.83. The Morgan fingerprint density at radius 1 is 1.09 bits per heavy atom. The first kappa shape index (κ1) is 35.4. The molecule has 17 heteroatoms. The highest BCUT2D eigenvalue weighted by Crippen LogP contribution is 2.46. The van der Waals surface area contributed by atoms with Crippen LogP contribution in [-0.4, -0.2) is 111 Å². The number of alkyl halides is 1. The number of halogens is 3. The number of carboxylic acid groups (broad SMARTS) is 1. The fourth-order valence-electron chi connectivity index (χ4n) is 8.52. The monoisotopic (exact) mass is 755 g/mol. The molecule has 4 saturated heterocycles. The van der Waals surface area contributed by atoms with Crippen molar-refractivity contribution >= 4 is 55.6 Å². The smallest absolute Gasteiger partial charge is 0.413 e. The molecule has 6 heterocycles. The maximum Gasteiger partial charge on any atom is 0.413 e. The topological polar surface area (TPSA) is 142 Å². The summed E-state index contributed by atoms with van der Waals surface area (Å²) in [5.74, 6) is -0.924. The third-order valence-electron chi connectivity index (χ3n) is 10.7. The van der Waals surface area contributed by atoms with E-state index in [9.17, 15) is 19.1 Å². The summed E-state index contributed by atoms with van der Waals surface area (Å²) in [6, 6.07) is 3.68. The number of benzene rings is 2. The third-order valence-corrected chi connectivity index (χ3v) is 11.7. The number of hydrogen-bond acceptors (Lipinski definition) is 11. The number of nitrogens with one attached hydrogen (secondary N) is 1. The van der Waals surface area contributed by atoms with Crippen LogP contribution in [0.25, 0.3) is 32.2 Å². The summed E-state index contributed by atoms with van der Waals surface area (Å²) in [7, 11) is 1.39. The summed E-state index contributed by atoms with van der Waals surface area (Å²) in [6.45, 7) is 6.84. The Morgan fingerprint density at radius 3 is 2.55 bits per heavy atom. The van der Waals surface area contributed by atoms with Crippen LogP contribution in [0, 0.1) is 11.6 Å². The summed E-state index contributed by atoms with van der Waals surface area (Å²) in [5.41, 5.74) is -1.13. The van der Waals surface area contributed by atoms with E-state index >= 15 is 8.78 Å². The van der Waals surface area contributed by atoms with Gasteiger partial charge in [0.2, 0.25) is 0 Å². The van der Waals surface area contributed by atoms with E-state index in [2.05, 4.69) is 20.2 Å². The number of anilines is 2. The minimum absolute atomic E-state index is 0.0370. The number of amides is 2. The van der Waals surface area contributed by atoms with Gasteiger partial charge in [-0.1, -0.05) is 11.3 Å². The van der Waals surface area contributed by atoms with Gasteiger partial charge in [0, 0.05) is 49.1 Å². The molecule has 2 bridgehead atoms. The van der Waals surface area contributed by atoms with Gasteiger partial charge in [-0.05, 0) is 71.2 Å². The molecule has 282 valence electrons. The van der Waals surface area contributed by atoms with Gasteiger partial charge < -0.3 is 29.1 Å². The zero-order valence-electron chi connectivity index (χ0n) is 29.7. The van der Waals surface area contributed by atoms with E-state index < -0.39 is 41.1 Å². The first-order chi connectivity index (χ1) is 25.2. The quantitative estimate of drug-likeness (QED) is 0.205. The Morgan fingerprint density at radius 2 is 1.85 bits per heavy atom. The molecular formula is C36H40F3N7O6S. The number of methoxy groups -OCH3 is 1. The van der Waals surface area contributed by atoms with Crippen molar-refractivity contribution in [2.24, 2.45) is 0 Å². The van der Waals surface area contributed by atoms with Crippen LogP contribution in [0.4, 0.5) is 33.7 Å². The lowest BCUT2D eigenvalue weighted by molar-refractivity contribution is 0.0635. The maximum absolute atomic E-state index is 17.3. The molecule has 2 aromatic carbocycles. The molecular weight excluding hydrogens is 716 g/mol. The fourth-order valence-corrected chi connectivity index (χ4v) is 9.40. The van der Waals surface area contributed by atoms with Crippen molar-refractivity contribution in [3.05, 3.63) is 29.8 Å².